The van der Waals surface area contributed by atoms with Crippen molar-refractivity contribution in [3.63, 3.8) is 0 Å². The molecule has 5 N–H and O–H groups in total. The summed E-state index contributed by atoms with van der Waals surface area (Å²) in [7, 11) is 0. The molecule has 0 aliphatic rings. The maximum absolute atomic E-state index is 9.28. The SMILES string of the molecule is OC[C@@H](O)COCC(O)COC[C@@H](O)CO. The van der Waals surface area contributed by atoms with E-state index in [4.69, 9.17) is 29.9 Å². The van der Waals surface area contributed by atoms with Gasteiger partial charge in [0.2, 0.25) is 0 Å². The van der Waals surface area contributed by atoms with Crippen LogP contribution in [0.2, 0.25) is 0 Å². The van der Waals surface area contributed by atoms with E-state index in [-0.39, 0.29) is 26.4 Å². The van der Waals surface area contributed by atoms with Crippen LogP contribution in [0.5, 0.6) is 0 Å². The highest BCUT2D eigenvalue weighted by atomic mass is 16.5. The van der Waals surface area contributed by atoms with E-state index in [0.717, 1.165) is 0 Å². The van der Waals surface area contributed by atoms with E-state index < -0.39 is 31.5 Å². The minimum atomic E-state index is -0.954. The van der Waals surface area contributed by atoms with Crippen LogP contribution in [0.4, 0.5) is 0 Å². The molecule has 7 heteroatoms. The smallest absolute Gasteiger partial charge is 0.101 e. The lowest BCUT2D eigenvalue weighted by Crippen LogP contribution is -2.28. The van der Waals surface area contributed by atoms with Gasteiger partial charge in [0.1, 0.15) is 18.3 Å². The molecule has 0 aromatic rings. The van der Waals surface area contributed by atoms with Gasteiger partial charge in [-0.05, 0) is 0 Å². The third-order valence-corrected chi connectivity index (χ3v) is 1.66. The van der Waals surface area contributed by atoms with Gasteiger partial charge in [0.25, 0.3) is 0 Å². The first-order valence-corrected chi connectivity index (χ1v) is 5.01. The molecule has 7 nitrogen and oxygen atoms in total. The highest BCUT2D eigenvalue weighted by molar-refractivity contribution is 4.56. The van der Waals surface area contributed by atoms with E-state index in [0.29, 0.717) is 0 Å². The molecule has 0 fully saturated rings. The van der Waals surface area contributed by atoms with Crippen LogP contribution in [-0.2, 0) is 9.47 Å². The van der Waals surface area contributed by atoms with Crippen LogP contribution in [0.3, 0.4) is 0 Å². The first-order chi connectivity index (χ1) is 7.60. The summed E-state index contributed by atoms with van der Waals surface area (Å²) < 4.78 is 9.76. The Morgan fingerprint density at radius 3 is 1.25 bits per heavy atom. The van der Waals surface area contributed by atoms with Crippen molar-refractivity contribution in [1.82, 2.24) is 0 Å². The number of hydrogen-bond donors (Lipinski definition) is 5. The second-order valence-electron chi connectivity index (χ2n) is 3.40. The Bertz CT molecular complexity index is 139. The highest BCUT2D eigenvalue weighted by Crippen LogP contribution is 1.92. The highest BCUT2D eigenvalue weighted by Gasteiger charge is 2.08. The van der Waals surface area contributed by atoms with Gasteiger partial charge in [-0.1, -0.05) is 0 Å². The van der Waals surface area contributed by atoms with E-state index in [9.17, 15) is 5.11 Å². The summed E-state index contributed by atoms with van der Waals surface area (Å²) in [4.78, 5) is 0. The zero-order valence-corrected chi connectivity index (χ0v) is 9.03. The Morgan fingerprint density at radius 2 is 0.938 bits per heavy atom. The molecule has 16 heavy (non-hydrogen) atoms. The van der Waals surface area contributed by atoms with Crippen molar-refractivity contribution >= 4 is 0 Å². The lowest BCUT2D eigenvalue weighted by molar-refractivity contribution is -0.0627. The number of rotatable bonds is 10. The quantitative estimate of drug-likeness (QED) is 0.277. The molecule has 0 amide bonds. The predicted octanol–water partition coefficient (Wildman–Crippen LogP) is -2.91. The minimum Gasteiger partial charge on any atom is -0.394 e. The fourth-order valence-electron chi connectivity index (χ4n) is 0.834. The maximum atomic E-state index is 9.28. The molecule has 3 atom stereocenters. The summed E-state index contributed by atoms with van der Waals surface area (Å²) in [5, 5.41) is 44.0. The Morgan fingerprint density at radius 1 is 0.625 bits per heavy atom. The van der Waals surface area contributed by atoms with Gasteiger partial charge in [0.15, 0.2) is 0 Å². The van der Waals surface area contributed by atoms with E-state index in [1.165, 1.54) is 0 Å². The van der Waals surface area contributed by atoms with Crippen LogP contribution >= 0.6 is 0 Å². The van der Waals surface area contributed by atoms with Gasteiger partial charge in [0, 0.05) is 0 Å². The first kappa shape index (κ1) is 15.7. The monoisotopic (exact) mass is 240 g/mol. The molecule has 0 radical (unpaired) electrons. The van der Waals surface area contributed by atoms with E-state index >= 15 is 0 Å². The van der Waals surface area contributed by atoms with Gasteiger partial charge in [-0.3, -0.25) is 0 Å². The van der Waals surface area contributed by atoms with Crippen molar-refractivity contribution < 1.29 is 35.0 Å². The van der Waals surface area contributed by atoms with E-state index in [2.05, 4.69) is 0 Å². The molecule has 0 saturated heterocycles. The third kappa shape index (κ3) is 8.98. The molecule has 0 spiro atoms. The van der Waals surface area contributed by atoms with Gasteiger partial charge in [-0.15, -0.1) is 0 Å². The van der Waals surface area contributed by atoms with Crippen molar-refractivity contribution in [3.8, 4) is 0 Å². The second-order valence-corrected chi connectivity index (χ2v) is 3.40. The number of hydrogen-bond acceptors (Lipinski definition) is 7. The van der Waals surface area contributed by atoms with Crippen molar-refractivity contribution in [1.29, 1.82) is 0 Å². The molecule has 98 valence electrons. The number of ether oxygens (including phenoxy) is 2. The molecular weight excluding hydrogens is 220 g/mol. The van der Waals surface area contributed by atoms with Crippen LogP contribution in [0.15, 0.2) is 0 Å². The normalized spacial score (nSPS) is 17.1. The molecule has 0 heterocycles. The Kier molecular flexibility index (Phi) is 9.74. The van der Waals surface area contributed by atoms with Crippen LogP contribution in [0, 0.1) is 0 Å². The molecule has 1 unspecified atom stereocenters. The minimum absolute atomic E-state index is 0.0354. The Hall–Kier alpha value is -0.280. The summed E-state index contributed by atoms with van der Waals surface area (Å²) in [6.45, 7) is -0.983. The summed E-state index contributed by atoms with van der Waals surface area (Å²) in [5.74, 6) is 0. The van der Waals surface area contributed by atoms with Gasteiger partial charge < -0.3 is 35.0 Å². The first-order valence-electron chi connectivity index (χ1n) is 5.01. The van der Waals surface area contributed by atoms with Crippen LogP contribution < -0.4 is 0 Å². The lowest BCUT2D eigenvalue weighted by atomic mass is 10.4. The predicted molar refractivity (Wildman–Crippen MR) is 53.8 cm³/mol. The molecule has 0 aliphatic carbocycles. The molecule has 0 bridgehead atoms. The molecular formula is C9H20O7. The van der Waals surface area contributed by atoms with Crippen molar-refractivity contribution in [3.05, 3.63) is 0 Å². The van der Waals surface area contributed by atoms with E-state index in [1.54, 1.807) is 0 Å². The molecule has 0 aromatic carbocycles. The summed E-state index contributed by atoms with van der Waals surface area (Å²) in [6, 6.07) is 0. The van der Waals surface area contributed by atoms with Crippen molar-refractivity contribution in [2.75, 3.05) is 39.6 Å². The van der Waals surface area contributed by atoms with Gasteiger partial charge in [-0.25, -0.2) is 0 Å². The zero-order valence-electron chi connectivity index (χ0n) is 9.03. The Labute approximate surface area is 93.9 Å². The fraction of sp³-hybridized carbons (Fsp3) is 1.00. The van der Waals surface area contributed by atoms with Crippen molar-refractivity contribution in [2.24, 2.45) is 0 Å². The number of aliphatic hydroxyl groups excluding tert-OH is 5. The largest absolute Gasteiger partial charge is 0.394 e. The third-order valence-electron chi connectivity index (χ3n) is 1.66. The summed E-state index contributed by atoms with van der Waals surface area (Å²) in [6.07, 6.45) is -2.79. The van der Waals surface area contributed by atoms with Gasteiger partial charge in [-0.2, -0.15) is 0 Å². The molecule has 0 saturated carbocycles. The van der Waals surface area contributed by atoms with E-state index in [1.807, 2.05) is 0 Å². The molecule has 0 rings (SSSR count). The standard InChI is InChI=1S/C9H20O7/c10-1-7(12)3-15-5-9(14)6-16-4-8(13)2-11/h7-14H,1-6H2/t7-,8+,9?. The van der Waals surface area contributed by atoms with Crippen LogP contribution in [0.25, 0.3) is 0 Å². The van der Waals surface area contributed by atoms with Crippen molar-refractivity contribution in [2.45, 2.75) is 18.3 Å². The average Bonchev–Trinajstić information content (AvgIpc) is 2.28. The number of aliphatic hydroxyl groups is 5. The summed E-state index contributed by atoms with van der Waals surface area (Å²) in [5.41, 5.74) is 0. The molecule has 0 aromatic heterocycles. The second kappa shape index (κ2) is 9.91. The fourth-order valence-corrected chi connectivity index (χ4v) is 0.834. The maximum Gasteiger partial charge on any atom is 0.101 e. The van der Waals surface area contributed by atoms with Gasteiger partial charge in [0.05, 0.1) is 39.6 Å². The van der Waals surface area contributed by atoms with Gasteiger partial charge >= 0.3 is 0 Å². The lowest BCUT2D eigenvalue weighted by Gasteiger charge is -2.14. The topological polar surface area (TPSA) is 120 Å². The average molecular weight is 240 g/mol. The van der Waals surface area contributed by atoms with Crippen LogP contribution in [0.1, 0.15) is 0 Å². The zero-order chi connectivity index (χ0) is 12.4. The van der Waals surface area contributed by atoms with Crippen LogP contribution in [-0.4, -0.2) is 83.5 Å². The summed E-state index contributed by atoms with van der Waals surface area (Å²) >= 11 is 0. The molecule has 0 aliphatic heterocycles. The Balaban J connectivity index is 3.34.